The number of likely N-dealkylation sites (tertiary alicyclic amines) is 1. The number of likely N-dealkylation sites (N-methyl/N-ethyl adjacent to an activating group) is 1. The summed E-state index contributed by atoms with van der Waals surface area (Å²) in [5.74, 6) is -0.181. The van der Waals surface area contributed by atoms with E-state index in [-0.39, 0.29) is 5.91 Å². The van der Waals surface area contributed by atoms with Crippen molar-refractivity contribution in [2.24, 2.45) is 11.1 Å². The van der Waals surface area contributed by atoms with Crippen molar-refractivity contribution in [2.45, 2.75) is 70.4 Å². The third-order valence-corrected chi connectivity index (χ3v) is 5.57. The average Bonchev–Trinajstić information content (AvgIpc) is 2.59. The molecule has 2 unspecified atom stereocenters. The van der Waals surface area contributed by atoms with Crippen LogP contribution in [-0.2, 0) is 4.79 Å². The fourth-order valence-electron chi connectivity index (χ4n) is 3.94. The number of nitrogens with two attached hydrogens (primary N) is 1. The van der Waals surface area contributed by atoms with Crippen LogP contribution in [0.25, 0.3) is 0 Å². The fourth-order valence-corrected chi connectivity index (χ4v) is 3.94. The van der Waals surface area contributed by atoms with Gasteiger partial charge in [-0.1, -0.05) is 13.8 Å². The van der Waals surface area contributed by atoms with Gasteiger partial charge in [0.05, 0.1) is 5.54 Å². The Morgan fingerprint density at radius 1 is 1.20 bits per heavy atom. The largest absolute Gasteiger partial charge is 0.368 e. The van der Waals surface area contributed by atoms with Crippen LogP contribution in [0.4, 0.5) is 0 Å². The van der Waals surface area contributed by atoms with Crippen LogP contribution in [0.5, 0.6) is 0 Å². The lowest BCUT2D eigenvalue weighted by molar-refractivity contribution is -0.126. The molecule has 1 amide bonds. The van der Waals surface area contributed by atoms with Crippen LogP contribution >= 0.6 is 0 Å². The number of carbonyl (C=O) groups is 1. The van der Waals surface area contributed by atoms with E-state index in [0.29, 0.717) is 11.5 Å². The second-order valence-electron chi connectivity index (χ2n) is 7.50. The third-order valence-electron chi connectivity index (χ3n) is 5.57. The lowest BCUT2D eigenvalue weighted by Crippen LogP contribution is -2.59. The molecule has 1 heterocycles. The van der Waals surface area contributed by atoms with Gasteiger partial charge >= 0.3 is 0 Å². The molecular formula is C16H31N3O. The Balaban J connectivity index is 2.03. The first-order chi connectivity index (χ1) is 9.38. The maximum Gasteiger partial charge on any atom is 0.237 e. The summed E-state index contributed by atoms with van der Waals surface area (Å²) in [6, 6.07) is 0.512. The van der Waals surface area contributed by atoms with Gasteiger partial charge in [-0.15, -0.1) is 0 Å². The number of primary amides is 1. The van der Waals surface area contributed by atoms with Crippen molar-refractivity contribution < 1.29 is 4.79 Å². The molecule has 0 spiro atoms. The highest BCUT2D eigenvalue weighted by atomic mass is 16.1. The normalized spacial score (nSPS) is 35.5. The van der Waals surface area contributed by atoms with Crippen molar-refractivity contribution >= 4 is 5.91 Å². The second-order valence-corrected chi connectivity index (χ2v) is 7.50. The van der Waals surface area contributed by atoms with Gasteiger partial charge in [0.2, 0.25) is 5.91 Å². The molecule has 1 saturated heterocycles. The van der Waals surface area contributed by atoms with Gasteiger partial charge in [-0.3, -0.25) is 4.79 Å². The summed E-state index contributed by atoms with van der Waals surface area (Å²) in [6.45, 7) is 7.08. The molecule has 1 aliphatic carbocycles. The SMILES string of the molecule is CNC1(C(N)=O)CCCC(N2CCCC(C)(C)CC2)C1. The number of hydrogen-bond donors (Lipinski definition) is 2. The highest BCUT2D eigenvalue weighted by molar-refractivity contribution is 5.84. The standard InChI is InChI=1S/C16H31N3O/c1-15(2)7-5-10-19(11-9-15)13-6-4-8-16(12-13,18-3)14(17)20/h13,18H,4-12H2,1-3H3,(H2,17,20). The monoisotopic (exact) mass is 281 g/mol. The highest BCUT2D eigenvalue weighted by Crippen LogP contribution is 2.35. The van der Waals surface area contributed by atoms with Crippen molar-refractivity contribution in [2.75, 3.05) is 20.1 Å². The van der Waals surface area contributed by atoms with E-state index in [1.54, 1.807) is 0 Å². The Bertz CT molecular complexity index is 356. The van der Waals surface area contributed by atoms with Crippen molar-refractivity contribution in [3.05, 3.63) is 0 Å². The first-order valence-electron chi connectivity index (χ1n) is 8.11. The molecule has 1 aliphatic heterocycles. The quantitative estimate of drug-likeness (QED) is 0.830. The number of amides is 1. The lowest BCUT2D eigenvalue weighted by Gasteiger charge is -2.43. The smallest absolute Gasteiger partial charge is 0.237 e. The van der Waals surface area contributed by atoms with E-state index in [1.807, 2.05) is 7.05 Å². The van der Waals surface area contributed by atoms with Crippen LogP contribution < -0.4 is 11.1 Å². The van der Waals surface area contributed by atoms with Crippen molar-refractivity contribution in [1.82, 2.24) is 10.2 Å². The predicted octanol–water partition coefficient (Wildman–Crippen LogP) is 1.88. The van der Waals surface area contributed by atoms with Crippen molar-refractivity contribution in [1.29, 1.82) is 0 Å². The Morgan fingerprint density at radius 3 is 2.60 bits per heavy atom. The minimum absolute atomic E-state index is 0.181. The molecule has 2 aliphatic rings. The van der Waals surface area contributed by atoms with E-state index >= 15 is 0 Å². The van der Waals surface area contributed by atoms with Crippen molar-refractivity contribution in [3.63, 3.8) is 0 Å². The molecule has 2 fully saturated rings. The number of nitrogens with one attached hydrogen (secondary N) is 1. The average molecular weight is 281 g/mol. The minimum Gasteiger partial charge on any atom is -0.368 e. The van der Waals surface area contributed by atoms with Gasteiger partial charge in [-0.25, -0.2) is 0 Å². The van der Waals surface area contributed by atoms with Gasteiger partial charge in [-0.2, -0.15) is 0 Å². The maximum absolute atomic E-state index is 11.8. The summed E-state index contributed by atoms with van der Waals surface area (Å²) in [5.41, 5.74) is 5.64. The van der Waals surface area contributed by atoms with E-state index in [1.165, 1.54) is 32.2 Å². The van der Waals surface area contributed by atoms with Crippen LogP contribution in [0, 0.1) is 5.41 Å². The summed E-state index contributed by atoms with van der Waals surface area (Å²) in [4.78, 5) is 14.5. The molecule has 2 atom stereocenters. The van der Waals surface area contributed by atoms with Gasteiger partial charge in [0, 0.05) is 6.04 Å². The number of carbonyl (C=O) groups excluding carboxylic acids is 1. The zero-order chi connectivity index (χ0) is 14.8. The van der Waals surface area contributed by atoms with E-state index in [9.17, 15) is 4.79 Å². The zero-order valence-electron chi connectivity index (χ0n) is 13.4. The topological polar surface area (TPSA) is 58.4 Å². The van der Waals surface area contributed by atoms with Crippen LogP contribution in [0.3, 0.4) is 0 Å². The Hall–Kier alpha value is -0.610. The van der Waals surface area contributed by atoms with E-state index in [0.717, 1.165) is 25.8 Å². The molecule has 2 rings (SSSR count). The van der Waals surface area contributed by atoms with Crippen molar-refractivity contribution in [3.8, 4) is 0 Å². The van der Waals surface area contributed by atoms with Gasteiger partial charge in [0.1, 0.15) is 0 Å². The molecule has 0 bridgehead atoms. The third kappa shape index (κ3) is 3.34. The van der Waals surface area contributed by atoms with E-state index < -0.39 is 5.54 Å². The fraction of sp³-hybridized carbons (Fsp3) is 0.938. The molecule has 0 aromatic carbocycles. The van der Waals surface area contributed by atoms with E-state index in [4.69, 9.17) is 5.73 Å². The van der Waals surface area contributed by atoms with Crippen LogP contribution in [0.2, 0.25) is 0 Å². The minimum atomic E-state index is -0.481. The van der Waals surface area contributed by atoms with Gasteiger partial charge < -0.3 is 16.0 Å². The molecule has 20 heavy (non-hydrogen) atoms. The number of nitrogens with zero attached hydrogens (tertiary/aromatic N) is 1. The Kier molecular flexibility index (Phi) is 4.75. The lowest BCUT2D eigenvalue weighted by atomic mass is 9.77. The van der Waals surface area contributed by atoms with Gasteiger partial charge in [0.25, 0.3) is 0 Å². The number of rotatable bonds is 3. The Labute approximate surface area is 123 Å². The van der Waals surface area contributed by atoms with Gasteiger partial charge in [0.15, 0.2) is 0 Å². The molecular weight excluding hydrogens is 250 g/mol. The highest BCUT2D eigenvalue weighted by Gasteiger charge is 2.42. The first-order valence-corrected chi connectivity index (χ1v) is 8.11. The predicted molar refractivity (Wildman–Crippen MR) is 82.4 cm³/mol. The summed E-state index contributed by atoms with van der Waals surface area (Å²) in [7, 11) is 1.87. The first kappa shape index (κ1) is 15.8. The second kappa shape index (κ2) is 6.02. The van der Waals surface area contributed by atoms with Gasteiger partial charge in [-0.05, 0) is 70.5 Å². The molecule has 4 nitrogen and oxygen atoms in total. The molecule has 0 aromatic rings. The molecule has 116 valence electrons. The number of hydrogen-bond acceptors (Lipinski definition) is 3. The van der Waals surface area contributed by atoms with E-state index in [2.05, 4.69) is 24.1 Å². The molecule has 3 N–H and O–H groups in total. The summed E-state index contributed by atoms with van der Waals surface area (Å²) in [5, 5.41) is 3.22. The Morgan fingerprint density at radius 2 is 1.95 bits per heavy atom. The summed E-state index contributed by atoms with van der Waals surface area (Å²) in [6.07, 6.45) is 7.89. The zero-order valence-corrected chi connectivity index (χ0v) is 13.4. The molecule has 1 saturated carbocycles. The molecule has 0 radical (unpaired) electrons. The summed E-state index contributed by atoms with van der Waals surface area (Å²) < 4.78 is 0. The molecule has 0 aromatic heterocycles. The molecule has 4 heteroatoms. The van der Waals surface area contributed by atoms with Crippen LogP contribution in [0.1, 0.15) is 58.8 Å². The summed E-state index contributed by atoms with van der Waals surface area (Å²) >= 11 is 0. The van der Waals surface area contributed by atoms with Crippen LogP contribution in [-0.4, -0.2) is 42.5 Å². The van der Waals surface area contributed by atoms with Crippen LogP contribution in [0.15, 0.2) is 0 Å². The maximum atomic E-state index is 11.8.